The minimum absolute atomic E-state index is 0.0647. The van der Waals surface area contributed by atoms with E-state index < -0.39 is 16.7 Å². The summed E-state index contributed by atoms with van der Waals surface area (Å²) in [6.07, 6.45) is 2.78. The van der Waals surface area contributed by atoms with Gasteiger partial charge in [0, 0.05) is 18.0 Å². The number of non-ortho nitro benzene ring substituents is 1. The number of hydrogen-bond donors (Lipinski definition) is 0. The molecule has 0 atom stereocenters. The lowest BCUT2D eigenvalue weighted by atomic mass is 10.1. The van der Waals surface area contributed by atoms with Gasteiger partial charge in [0.05, 0.1) is 11.5 Å². The van der Waals surface area contributed by atoms with Crippen molar-refractivity contribution in [2.24, 2.45) is 0 Å². The highest BCUT2D eigenvalue weighted by Crippen LogP contribution is 2.14. The van der Waals surface area contributed by atoms with Crippen LogP contribution in [0.2, 0.25) is 0 Å². The number of esters is 1. The summed E-state index contributed by atoms with van der Waals surface area (Å²) in [5.74, 6) is -0.667. The molecular formula is C14H14ClNO5. The van der Waals surface area contributed by atoms with Crippen LogP contribution in [0.15, 0.2) is 30.3 Å². The summed E-state index contributed by atoms with van der Waals surface area (Å²) in [6.45, 7) is 0.185. The average Bonchev–Trinajstić information content (AvgIpc) is 2.45. The summed E-state index contributed by atoms with van der Waals surface area (Å²) in [7, 11) is 0. The molecule has 7 heteroatoms. The fraction of sp³-hybridized carbons (Fsp3) is 0.286. The smallest absolute Gasteiger partial charge is 0.313 e. The van der Waals surface area contributed by atoms with Crippen LogP contribution in [0, 0.1) is 10.1 Å². The van der Waals surface area contributed by atoms with Gasteiger partial charge in [-0.25, -0.2) is 0 Å². The van der Waals surface area contributed by atoms with Crippen LogP contribution in [-0.2, 0) is 14.3 Å². The molecule has 0 aliphatic carbocycles. The number of rotatable bonds is 8. The summed E-state index contributed by atoms with van der Waals surface area (Å²) in [5, 5.41) is 10.6. The van der Waals surface area contributed by atoms with Crippen molar-refractivity contribution in [3.8, 4) is 0 Å². The van der Waals surface area contributed by atoms with Gasteiger partial charge in [0.25, 0.3) is 5.69 Å². The van der Waals surface area contributed by atoms with Gasteiger partial charge in [-0.05, 0) is 18.1 Å². The summed E-state index contributed by atoms with van der Waals surface area (Å²) in [5.41, 5.74) is 0.443. The molecule has 1 aromatic carbocycles. The van der Waals surface area contributed by atoms with Gasteiger partial charge in [-0.2, -0.15) is 0 Å². The van der Waals surface area contributed by atoms with Crippen LogP contribution in [0.1, 0.15) is 18.4 Å². The van der Waals surface area contributed by atoms with Crippen molar-refractivity contribution in [2.75, 3.05) is 12.5 Å². The van der Waals surface area contributed by atoms with Crippen molar-refractivity contribution < 1.29 is 19.2 Å². The zero-order valence-electron chi connectivity index (χ0n) is 11.2. The number of alkyl halides is 1. The van der Waals surface area contributed by atoms with Crippen LogP contribution in [-0.4, -0.2) is 29.2 Å². The fourth-order valence-electron chi connectivity index (χ4n) is 1.42. The number of nitro groups is 1. The number of carbonyl (C=O) groups is 2. The third-order valence-corrected chi connectivity index (χ3v) is 2.67. The Labute approximate surface area is 126 Å². The van der Waals surface area contributed by atoms with Gasteiger partial charge < -0.3 is 4.74 Å². The minimum Gasteiger partial charge on any atom is -0.465 e. The van der Waals surface area contributed by atoms with Crippen LogP contribution in [0.3, 0.4) is 0 Å². The molecule has 1 aromatic rings. The Bertz CT molecular complexity index is 556. The molecule has 0 saturated heterocycles. The van der Waals surface area contributed by atoms with Gasteiger partial charge in [0.15, 0.2) is 5.78 Å². The van der Waals surface area contributed by atoms with Gasteiger partial charge in [0.2, 0.25) is 0 Å². The van der Waals surface area contributed by atoms with Crippen LogP contribution >= 0.6 is 11.6 Å². The predicted octanol–water partition coefficient (Wildman–Crippen LogP) is 2.74. The highest BCUT2D eigenvalue weighted by atomic mass is 35.5. The molecule has 1 rings (SSSR count). The van der Waals surface area contributed by atoms with E-state index in [2.05, 4.69) is 0 Å². The normalized spacial score (nSPS) is 10.5. The van der Waals surface area contributed by atoms with E-state index in [0.29, 0.717) is 17.9 Å². The Kier molecular flexibility index (Phi) is 7.11. The van der Waals surface area contributed by atoms with Crippen LogP contribution in [0.5, 0.6) is 0 Å². The molecule has 0 spiro atoms. The fourth-order valence-corrected chi connectivity index (χ4v) is 1.53. The molecule has 0 aromatic heterocycles. The molecule has 0 N–H and O–H groups in total. The van der Waals surface area contributed by atoms with Crippen LogP contribution < -0.4 is 0 Å². The van der Waals surface area contributed by atoms with Gasteiger partial charge in [-0.3, -0.25) is 19.7 Å². The molecule has 0 heterocycles. The topological polar surface area (TPSA) is 86.5 Å². The van der Waals surface area contributed by atoms with Gasteiger partial charge in [0.1, 0.15) is 6.42 Å². The Morgan fingerprint density at radius 3 is 2.81 bits per heavy atom. The first kappa shape index (κ1) is 16.8. The van der Waals surface area contributed by atoms with Crippen molar-refractivity contribution in [3.05, 3.63) is 46.0 Å². The van der Waals surface area contributed by atoms with E-state index in [-0.39, 0.29) is 18.7 Å². The molecule has 0 fully saturated rings. The quantitative estimate of drug-likeness (QED) is 0.140. The van der Waals surface area contributed by atoms with E-state index in [0.717, 1.165) is 0 Å². The van der Waals surface area contributed by atoms with Crippen molar-refractivity contribution in [2.45, 2.75) is 12.8 Å². The number of ketones is 1. The number of carbonyl (C=O) groups excluding carboxylic acids is 2. The summed E-state index contributed by atoms with van der Waals surface area (Å²) in [6, 6.07) is 5.83. The molecule has 0 amide bonds. The lowest BCUT2D eigenvalue weighted by molar-refractivity contribution is -0.384. The molecule has 0 bridgehead atoms. The first-order valence-corrected chi connectivity index (χ1v) is 6.73. The third-order valence-electron chi connectivity index (χ3n) is 2.40. The van der Waals surface area contributed by atoms with Crippen molar-refractivity contribution in [1.29, 1.82) is 0 Å². The second-order valence-corrected chi connectivity index (χ2v) is 4.47. The monoisotopic (exact) mass is 311 g/mol. The zero-order chi connectivity index (χ0) is 15.7. The van der Waals surface area contributed by atoms with E-state index in [4.69, 9.17) is 16.3 Å². The molecule has 0 radical (unpaired) electrons. The molecule has 0 saturated carbocycles. The Morgan fingerprint density at radius 2 is 2.14 bits per heavy atom. The second-order valence-electron chi connectivity index (χ2n) is 4.09. The minimum atomic E-state index is -0.617. The Morgan fingerprint density at radius 1 is 1.38 bits per heavy atom. The standard InChI is InChI=1S/C14H14ClNO5/c15-7-2-8-21-14(18)10-13(17)6-5-11-3-1-4-12(9-11)16(19)20/h1,3-6,9H,2,7-8,10H2. The van der Waals surface area contributed by atoms with E-state index in [1.807, 2.05) is 0 Å². The van der Waals surface area contributed by atoms with E-state index in [1.54, 1.807) is 6.07 Å². The number of benzene rings is 1. The summed E-state index contributed by atoms with van der Waals surface area (Å²) in [4.78, 5) is 32.9. The molecule has 6 nitrogen and oxygen atoms in total. The Hall–Kier alpha value is -2.21. The molecular weight excluding hydrogens is 298 g/mol. The lowest BCUT2D eigenvalue weighted by Crippen LogP contribution is -2.10. The number of halogens is 1. The highest BCUT2D eigenvalue weighted by molar-refractivity contribution is 6.17. The maximum absolute atomic E-state index is 11.5. The zero-order valence-corrected chi connectivity index (χ0v) is 11.9. The Balaban J connectivity index is 2.52. The number of allylic oxidation sites excluding steroid dienone is 1. The van der Waals surface area contributed by atoms with E-state index >= 15 is 0 Å². The summed E-state index contributed by atoms with van der Waals surface area (Å²) >= 11 is 5.43. The van der Waals surface area contributed by atoms with Gasteiger partial charge >= 0.3 is 5.97 Å². The number of hydrogen-bond acceptors (Lipinski definition) is 5. The first-order valence-electron chi connectivity index (χ1n) is 6.20. The van der Waals surface area contributed by atoms with Gasteiger partial charge in [-0.1, -0.05) is 18.2 Å². The highest BCUT2D eigenvalue weighted by Gasteiger charge is 2.08. The maximum atomic E-state index is 11.5. The predicted molar refractivity (Wildman–Crippen MR) is 78.1 cm³/mol. The largest absolute Gasteiger partial charge is 0.465 e. The van der Waals surface area contributed by atoms with Crippen LogP contribution in [0.25, 0.3) is 6.08 Å². The SMILES string of the molecule is O=C(C=Cc1cccc([N+](=O)[O-])c1)CC(=O)OCCCCl. The molecule has 0 aliphatic heterocycles. The van der Waals surface area contributed by atoms with Crippen molar-refractivity contribution >= 4 is 35.1 Å². The third kappa shape index (κ3) is 6.67. The average molecular weight is 312 g/mol. The van der Waals surface area contributed by atoms with Gasteiger partial charge in [-0.15, -0.1) is 11.6 Å². The first-order chi connectivity index (χ1) is 10.0. The second kappa shape index (κ2) is 8.86. The van der Waals surface area contributed by atoms with Crippen molar-refractivity contribution in [3.63, 3.8) is 0 Å². The number of nitrogens with zero attached hydrogens (tertiary/aromatic N) is 1. The lowest BCUT2D eigenvalue weighted by Gasteiger charge is -2.00. The summed E-state index contributed by atoms with van der Waals surface area (Å²) < 4.78 is 4.79. The van der Waals surface area contributed by atoms with Crippen molar-refractivity contribution in [1.82, 2.24) is 0 Å². The maximum Gasteiger partial charge on any atom is 0.313 e. The molecule has 0 unspecified atom stereocenters. The number of nitro benzene ring substituents is 1. The molecule has 0 aliphatic rings. The van der Waals surface area contributed by atoms with E-state index in [9.17, 15) is 19.7 Å². The molecule has 112 valence electrons. The van der Waals surface area contributed by atoms with E-state index in [1.165, 1.54) is 30.4 Å². The molecule has 21 heavy (non-hydrogen) atoms. The van der Waals surface area contributed by atoms with Crippen LogP contribution in [0.4, 0.5) is 5.69 Å². The number of ether oxygens (including phenoxy) is 1.